The number of nitrogens with two attached hydrogens (primary N) is 1. The van der Waals surface area contributed by atoms with Gasteiger partial charge in [-0.15, -0.1) is 0 Å². The molecule has 0 bridgehead atoms. The summed E-state index contributed by atoms with van der Waals surface area (Å²) in [6.07, 6.45) is 4.82. The molecule has 0 aliphatic rings. The van der Waals surface area contributed by atoms with Crippen LogP contribution in [0.3, 0.4) is 0 Å². The zero-order chi connectivity index (χ0) is 9.68. The SMILES string of the molecule is NC(=O)CC=Cc1ncccc1O. The molecule has 13 heavy (non-hydrogen) atoms. The molecule has 3 N–H and O–H groups in total. The van der Waals surface area contributed by atoms with Gasteiger partial charge in [0.05, 0.1) is 0 Å². The summed E-state index contributed by atoms with van der Waals surface area (Å²) in [7, 11) is 0. The van der Waals surface area contributed by atoms with E-state index in [9.17, 15) is 9.90 Å². The molecule has 0 saturated heterocycles. The molecule has 0 atom stereocenters. The quantitative estimate of drug-likeness (QED) is 0.714. The van der Waals surface area contributed by atoms with Crippen molar-refractivity contribution in [3.63, 3.8) is 0 Å². The van der Waals surface area contributed by atoms with Crippen LogP contribution in [0.25, 0.3) is 6.08 Å². The molecule has 0 unspecified atom stereocenters. The number of hydrogen-bond acceptors (Lipinski definition) is 3. The van der Waals surface area contributed by atoms with E-state index in [2.05, 4.69) is 4.98 Å². The van der Waals surface area contributed by atoms with Crippen molar-refractivity contribution >= 4 is 12.0 Å². The fraction of sp³-hybridized carbons (Fsp3) is 0.111. The van der Waals surface area contributed by atoms with Crippen molar-refractivity contribution in [2.24, 2.45) is 5.73 Å². The number of pyridine rings is 1. The lowest BCUT2D eigenvalue weighted by Gasteiger charge is -1.94. The van der Waals surface area contributed by atoms with Gasteiger partial charge >= 0.3 is 0 Å². The Labute approximate surface area is 75.7 Å². The van der Waals surface area contributed by atoms with Gasteiger partial charge in [-0.3, -0.25) is 9.78 Å². The Hall–Kier alpha value is -1.84. The second-order valence-electron chi connectivity index (χ2n) is 2.48. The van der Waals surface area contributed by atoms with E-state index in [4.69, 9.17) is 5.73 Å². The van der Waals surface area contributed by atoms with Crippen LogP contribution in [0.4, 0.5) is 0 Å². The van der Waals surface area contributed by atoms with Crippen molar-refractivity contribution in [2.45, 2.75) is 6.42 Å². The molecule has 4 nitrogen and oxygen atoms in total. The molecular weight excluding hydrogens is 168 g/mol. The minimum atomic E-state index is -0.410. The van der Waals surface area contributed by atoms with Crippen molar-refractivity contribution in [2.75, 3.05) is 0 Å². The molecule has 0 aliphatic carbocycles. The zero-order valence-corrected chi connectivity index (χ0v) is 6.97. The smallest absolute Gasteiger partial charge is 0.221 e. The first kappa shape index (κ1) is 9.25. The number of aromatic hydroxyl groups is 1. The van der Waals surface area contributed by atoms with Gasteiger partial charge in [-0.1, -0.05) is 6.08 Å². The predicted molar refractivity (Wildman–Crippen MR) is 48.7 cm³/mol. The first-order chi connectivity index (χ1) is 6.20. The predicted octanol–water partition coefficient (Wildman–Crippen LogP) is 0.676. The molecule has 0 aliphatic heterocycles. The maximum atomic E-state index is 10.4. The van der Waals surface area contributed by atoms with Crippen LogP contribution < -0.4 is 5.73 Å². The Bertz CT molecular complexity index is 334. The average Bonchev–Trinajstić information content (AvgIpc) is 2.08. The van der Waals surface area contributed by atoms with E-state index in [1.807, 2.05) is 0 Å². The van der Waals surface area contributed by atoms with Gasteiger partial charge in [0.2, 0.25) is 5.91 Å². The molecule has 1 heterocycles. The summed E-state index contributed by atoms with van der Waals surface area (Å²) in [6, 6.07) is 3.15. The monoisotopic (exact) mass is 178 g/mol. The van der Waals surface area contributed by atoms with E-state index in [0.717, 1.165) is 0 Å². The maximum absolute atomic E-state index is 10.4. The molecule has 0 aromatic carbocycles. The number of amides is 1. The Morgan fingerprint density at radius 3 is 3.08 bits per heavy atom. The van der Waals surface area contributed by atoms with Crippen LogP contribution in [0.1, 0.15) is 12.1 Å². The molecule has 1 rings (SSSR count). The highest BCUT2D eigenvalue weighted by atomic mass is 16.3. The number of carbonyl (C=O) groups is 1. The van der Waals surface area contributed by atoms with Crippen LogP contribution >= 0.6 is 0 Å². The fourth-order valence-corrected chi connectivity index (χ4v) is 0.824. The second kappa shape index (κ2) is 4.25. The highest BCUT2D eigenvalue weighted by Crippen LogP contribution is 2.13. The summed E-state index contributed by atoms with van der Waals surface area (Å²) in [5, 5.41) is 9.25. The van der Waals surface area contributed by atoms with Gasteiger partial charge in [0.15, 0.2) is 0 Å². The molecule has 0 fully saturated rings. The van der Waals surface area contributed by atoms with E-state index >= 15 is 0 Å². The fourth-order valence-electron chi connectivity index (χ4n) is 0.824. The van der Waals surface area contributed by atoms with Crippen LogP contribution in [0, 0.1) is 0 Å². The molecule has 1 aromatic rings. The second-order valence-corrected chi connectivity index (χ2v) is 2.48. The van der Waals surface area contributed by atoms with Crippen LogP contribution in [0.2, 0.25) is 0 Å². The summed E-state index contributed by atoms with van der Waals surface area (Å²) in [6.45, 7) is 0. The minimum Gasteiger partial charge on any atom is -0.506 e. The standard InChI is InChI=1S/C9H10N2O2/c10-9(13)5-1-3-7-8(12)4-2-6-11-7/h1-4,6,12H,5H2,(H2,10,13). The van der Waals surface area contributed by atoms with E-state index in [-0.39, 0.29) is 12.2 Å². The molecule has 0 saturated carbocycles. The van der Waals surface area contributed by atoms with Gasteiger partial charge in [-0.05, 0) is 18.2 Å². The average molecular weight is 178 g/mol. The number of rotatable bonds is 3. The first-order valence-corrected chi connectivity index (χ1v) is 3.79. The van der Waals surface area contributed by atoms with Gasteiger partial charge in [-0.2, -0.15) is 0 Å². The zero-order valence-electron chi connectivity index (χ0n) is 6.97. The number of aromatic nitrogens is 1. The van der Waals surface area contributed by atoms with Gasteiger partial charge in [0.1, 0.15) is 11.4 Å². The van der Waals surface area contributed by atoms with Crippen LogP contribution in [-0.4, -0.2) is 16.0 Å². The van der Waals surface area contributed by atoms with Crippen molar-refractivity contribution in [1.82, 2.24) is 4.98 Å². The summed E-state index contributed by atoms with van der Waals surface area (Å²) in [5.74, 6) is -0.324. The van der Waals surface area contributed by atoms with Crippen molar-refractivity contribution in [3.05, 3.63) is 30.1 Å². The van der Waals surface area contributed by atoms with E-state index < -0.39 is 5.91 Å². The highest BCUT2D eigenvalue weighted by molar-refractivity contribution is 5.76. The number of nitrogens with zero attached hydrogens (tertiary/aromatic N) is 1. The summed E-state index contributed by atoms with van der Waals surface area (Å²) < 4.78 is 0. The molecule has 0 spiro atoms. The molecular formula is C9H10N2O2. The third-order valence-corrected chi connectivity index (χ3v) is 1.41. The van der Waals surface area contributed by atoms with Crippen molar-refractivity contribution in [3.8, 4) is 5.75 Å². The lowest BCUT2D eigenvalue weighted by atomic mass is 10.2. The normalized spacial score (nSPS) is 10.5. The topological polar surface area (TPSA) is 76.2 Å². The Kier molecular flexibility index (Phi) is 3.03. The Balaban J connectivity index is 2.68. The molecule has 68 valence electrons. The Morgan fingerprint density at radius 1 is 1.69 bits per heavy atom. The van der Waals surface area contributed by atoms with Gasteiger partial charge in [0, 0.05) is 12.6 Å². The lowest BCUT2D eigenvalue weighted by Crippen LogP contribution is -2.07. The van der Waals surface area contributed by atoms with Crippen LogP contribution in [-0.2, 0) is 4.79 Å². The molecule has 4 heteroatoms. The van der Waals surface area contributed by atoms with E-state index in [1.165, 1.54) is 6.07 Å². The summed E-state index contributed by atoms with van der Waals surface area (Å²) in [4.78, 5) is 14.2. The lowest BCUT2D eigenvalue weighted by molar-refractivity contribution is -0.117. The molecule has 1 amide bonds. The van der Waals surface area contributed by atoms with E-state index in [1.54, 1.807) is 24.4 Å². The highest BCUT2D eigenvalue weighted by Gasteiger charge is 1.95. The van der Waals surface area contributed by atoms with E-state index in [0.29, 0.717) is 5.69 Å². The number of primary amides is 1. The number of carbonyl (C=O) groups excluding carboxylic acids is 1. The van der Waals surface area contributed by atoms with Gasteiger partial charge in [-0.25, -0.2) is 0 Å². The Morgan fingerprint density at radius 2 is 2.46 bits per heavy atom. The molecule has 1 aromatic heterocycles. The van der Waals surface area contributed by atoms with Gasteiger partial charge in [0.25, 0.3) is 0 Å². The maximum Gasteiger partial charge on any atom is 0.221 e. The number of hydrogen-bond donors (Lipinski definition) is 2. The third-order valence-electron chi connectivity index (χ3n) is 1.41. The summed E-state index contributed by atoms with van der Waals surface area (Å²) in [5.41, 5.74) is 5.36. The van der Waals surface area contributed by atoms with Gasteiger partial charge < -0.3 is 10.8 Å². The van der Waals surface area contributed by atoms with Crippen molar-refractivity contribution in [1.29, 1.82) is 0 Å². The first-order valence-electron chi connectivity index (χ1n) is 3.79. The van der Waals surface area contributed by atoms with Crippen LogP contribution in [0.15, 0.2) is 24.4 Å². The third kappa shape index (κ3) is 2.94. The molecule has 0 radical (unpaired) electrons. The van der Waals surface area contributed by atoms with Crippen LogP contribution in [0.5, 0.6) is 5.75 Å². The van der Waals surface area contributed by atoms with Crippen molar-refractivity contribution < 1.29 is 9.90 Å². The minimum absolute atomic E-state index is 0.0863. The largest absolute Gasteiger partial charge is 0.506 e. The summed E-state index contributed by atoms with van der Waals surface area (Å²) >= 11 is 0.